The lowest BCUT2D eigenvalue weighted by atomic mass is 9.96. The number of rotatable bonds is 5. The van der Waals surface area contributed by atoms with Gasteiger partial charge in [-0.3, -0.25) is 0 Å². The van der Waals surface area contributed by atoms with E-state index in [-0.39, 0.29) is 0 Å². The monoisotopic (exact) mass is 357 g/mol. The average Bonchev–Trinajstić information content (AvgIpc) is 2.64. The van der Waals surface area contributed by atoms with Crippen LogP contribution in [-0.4, -0.2) is 23.2 Å². The molecule has 1 fully saturated rings. The lowest BCUT2D eigenvalue weighted by molar-refractivity contribution is 0.407. The minimum atomic E-state index is 0.484. The maximum atomic E-state index is 5.73. The van der Waals surface area contributed by atoms with E-state index in [0.29, 0.717) is 22.8 Å². The van der Waals surface area contributed by atoms with Crippen molar-refractivity contribution in [3.8, 4) is 17.4 Å². The standard InChI is InChI=1S/C19H23N3O2S/c1-23-16-8-5-9-17(12-16)24-18-11-10-15(13-20-18)22-19(25)21-14-6-3-2-4-7-14/h5,8-14H,2-4,6-7H2,1H3,(H2,21,22,25). The number of aromatic nitrogens is 1. The molecule has 132 valence electrons. The minimum Gasteiger partial charge on any atom is -0.497 e. The van der Waals surface area contributed by atoms with Gasteiger partial charge in [-0.25, -0.2) is 4.98 Å². The van der Waals surface area contributed by atoms with Crippen molar-refractivity contribution in [2.75, 3.05) is 12.4 Å². The second kappa shape index (κ2) is 8.67. The number of ether oxygens (including phenoxy) is 2. The van der Waals surface area contributed by atoms with E-state index < -0.39 is 0 Å². The number of nitrogens with zero attached hydrogens (tertiary/aromatic N) is 1. The van der Waals surface area contributed by atoms with Gasteiger partial charge in [-0.1, -0.05) is 25.3 Å². The zero-order valence-corrected chi connectivity index (χ0v) is 15.1. The molecule has 2 N–H and O–H groups in total. The first-order chi connectivity index (χ1) is 12.2. The van der Waals surface area contributed by atoms with Crippen LogP contribution >= 0.6 is 12.2 Å². The lowest BCUT2D eigenvalue weighted by Gasteiger charge is -2.24. The number of nitrogens with one attached hydrogen (secondary N) is 2. The molecule has 1 aromatic heterocycles. The molecule has 0 unspecified atom stereocenters. The summed E-state index contributed by atoms with van der Waals surface area (Å²) in [7, 11) is 1.63. The van der Waals surface area contributed by atoms with Crippen molar-refractivity contribution in [2.45, 2.75) is 38.1 Å². The normalized spacial score (nSPS) is 14.6. The second-order valence-corrected chi connectivity index (χ2v) is 6.51. The number of benzene rings is 1. The lowest BCUT2D eigenvalue weighted by Crippen LogP contribution is -2.38. The number of hydrogen-bond acceptors (Lipinski definition) is 4. The van der Waals surface area contributed by atoms with E-state index in [4.69, 9.17) is 21.7 Å². The fourth-order valence-corrected chi connectivity index (χ4v) is 3.18. The smallest absolute Gasteiger partial charge is 0.219 e. The Morgan fingerprint density at radius 1 is 1.12 bits per heavy atom. The van der Waals surface area contributed by atoms with Crippen LogP contribution in [0.2, 0.25) is 0 Å². The van der Waals surface area contributed by atoms with Crippen LogP contribution in [-0.2, 0) is 0 Å². The minimum absolute atomic E-state index is 0.484. The Morgan fingerprint density at radius 3 is 2.64 bits per heavy atom. The zero-order valence-electron chi connectivity index (χ0n) is 14.3. The highest BCUT2D eigenvalue weighted by Crippen LogP contribution is 2.24. The van der Waals surface area contributed by atoms with E-state index in [2.05, 4.69) is 15.6 Å². The molecule has 1 aromatic carbocycles. The van der Waals surface area contributed by atoms with Crippen LogP contribution in [0, 0.1) is 0 Å². The molecule has 1 heterocycles. The van der Waals surface area contributed by atoms with E-state index in [0.717, 1.165) is 11.4 Å². The molecule has 6 heteroatoms. The van der Waals surface area contributed by atoms with Crippen molar-refractivity contribution < 1.29 is 9.47 Å². The van der Waals surface area contributed by atoms with Crippen molar-refractivity contribution in [3.05, 3.63) is 42.6 Å². The molecule has 3 rings (SSSR count). The molecular formula is C19H23N3O2S. The van der Waals surface area contributed by atoms with Crippen LogP contribution in [0.5, 0.6) is 17.4 Å². The van der Waals surface area contributed by atoms with Crippen molar-refractivity contribution in [2.24, 2.45) is 0 Å². The molecule has 5 nitrogen and oxygen atoms in total. The number of anilines is 1. The fraction of sp³-hybridized carbons (Fsp3) is 0.368. The van der Waals surface area contributed by atoms with E-state index >= 15 is 0 Å². The number of hydrogen-bond donors (Lipinski definition) is 2. The van der Waals surface area contributed by atoms with Gasteiger partial charge in [-0.2, -0.15) is 0 Å². The SMILES string of the molecule is COc1cccc(Oc2ccc(NC(=S)NC3CCCCC3)cn2)c1. The third kappa shape index (κ3) is 5.32. The Kier molecular flexibility index (Phi) is 6.06. The van der Waals surface area contributed by atoms with Crippen LogP contribution in [0.4, 0.5) is 5.69 Å². The number of methoxy groups -OCH3 is 1. The highest BCUT2D eigenvalue weighted by atomic mass is 32.1. The quantitative estimate of drug-likeness (QED) is 0.769. The highest BCUT2D eigenvalue weighted by molar-refractivity contribution is 7.80. The average molecular weight is 357 g/mol. The summed E-state index contributed by atoms with van der Waals surface area (Å²) in [6.07, 6.45) is 7.97. The summed E-state index contributed by atoms with van der Waals surface area (Å²) in [4.78, 5) is 4.32. The molecule has 1 aliphatic rings. The highest BCUT2D eigenvalue weighted by Gasteiger charge is 2.14. The van der Waals surface area contributed by atoms with Crippen molar-refractivity contribution >= 4 is 23.0 Å². The predicted molar refractivity (Wildman–Crippen MR) is 104 cm³/mol. The van der Waals surface area contributed by atoms with Gasteiger partial charge in [0.05, 0.1) is 19.0 Å². The molecule has 0 aliphatic heterocycles. The van der Waals surface area contributed by atoms with Gasteiger partial charge in [-0.15, -0.1) is 0 Å². The molecule has 0 spiro atoms. The zero-order chi connectivity index (χ0) is 17.5. The predicted octanol–water partition coefficient (Wildman–Crippen LogP) is 4.50. The summed E-state index contributed by atoms with van der Waals surface area (Å²) in [6, 6.07) is 11.6. The summed E-state index contributed by atoms with van der Waals surface area (Å²) in [5, 5.41) is 7.21. The number of thiocarbonyl (C=S) groups is 1. The molecule has 0 bridgehead atoms. The Bertz CT molecular complexity index is 700. The third-order valence-electron chi connectivity index (χ3n) is 4.20. The van der Waals surface area contributed by atoms with Gasteiger partial charge in [0.25, 0.3) is 0 Å². The van der Waals surface area contributed by atoms with Gasteiger partial charge in [-0.05, 0) is 43.3 Å². The summed E-state index contributed by atoms with van der Waals surface area (Å²) in [5.41, 5.74) is 0.839. The summed E-state index contributed by atoms with van der Waals surface area (Å²) in [6.45, 7) is 0. The number of pyridine rings is 1. The largest absolute Gasteiger partial charge is 0.497 e. The molecule has 1 aliphatic carbocycles. The van der Waals surface area contributed by atoms with Crippen molar-refractivity contribution in [1.82, 2.24) is 10.3 Å². The van der Waals surface area contributed by atoms with Gasteiger partial charge >= 0.3 is 0 Å². The maximum absolute atomic E-state index is 5.73. The summed E-state index contributed by atoms with van der Waals surface area (Å²) >= 11 is 5.39. The van der Waals surface area contributed by atoms with Crippen LogP contribution in [0.1, 0.15) is 32.1 Å². The topological polar surface area (TPSA) is 55.4 Å². The van der Waals surface area contributed by atoms with Gasteiger partial charge in [0, 0.05) is 18.2 Å². The van der Waals surface area contributed by atoms with E-state index in [9.17, 15) is 0 Å². The second-order valence-electron chi connectivity index (χ2n) is 6.10. The third-order valence-corrected chi connectivity index (χ3v) is 4.42. The molecule has 2 aromatic rings. The van der Waals surface area contributed by atoms with Gasteiger partial charge in [0.2, 0.25) is 5.88 Å². The molecule has 0 saturated heterocycles. The molecule has 0 atom stereocenters. The Balaban J connectivity index is 1.53. The van der Waals surface area contributed by atoms with Crippen LogP contribution in [0.25, 0.3) is 0 Å². The Morgan fingerprint density at radius 2 is 1.92 bits per heavy atom. The molecule has 0 radical (unpaired) electrons. The van der Waals surface area contributed by atoms with Crippen LogP contribution < -0.4 is 20.1 Å². The molecule has 25 heavy (non-hydrogen) atoms. The van der Waals surface area contributed by atoms with Crippen LogP contribution in [0.3, 0.4) is 0 Å². The van der Waals surface area contributed by atoms with E-state index in [1.165, 1.54) is 32.1 Å². The van der Waals surface area contributed by atoms with Crippen LogP contribution in [0.15, 0.2) is 42.6 Å². The first-order valence-electron chi connectivity index (χ1n) is 8.58. The van der Waals surface area contributed by atoms with Gasteiger partial charge in [0.15, 0.2) is 5.11 Å². The first-order valence-corrected chi connectivity index (χ1v) is 8.99. The van der Waals surface area contributed by atoms with E-state index in [1.54, 1.807) is 13.3 Å². The Hall–Kier alpha value is -2.34. The summed E-state index contributed by atoms with van der Waals surface area (Å²) in [5.74, 6) is 1.95. The van der Waals surface area contributed by atoms with Crippen molar-refractivity contribution in [1.29, 1.82) is 0 Å². The maximum Gasteiger partial charge on any atom is 0.219 e. The summed E-state index contributed by atoms with van der Waals surface area (Å²) < 4.78 is 10.9. The Labute approximate surface area is 153 Å². The fourth-order valence-electron chi connectivity index (χ4n) is 2.90. The van der Waals surface area contributed by atoms with Crippen molar-refractivity contribution in [3.63, 3.8) is 0 Å². The molecule has 1 saturated carbocycles. The van der Waals surface area contributed by atoms with E-state index in [1.807, 2.05) is 36.4 Å². The first kappa shape index (κ1) is 17.5. The van der Waals surface area contributed by atoms with Gasteiger partial charge < -0.3 is 20.1 Å². The molecule has 0 amide bonds. The van der Waals surface area contributed by atoms with Gasteiger partial charge in [0.1, 0.15) is 11.5 Å². The molecular weight excluding hydrogens is 334 g/mol.